The van der Waals surface area contributed by atoms with Crippen molar-refractivity contribution in [3.05, 3.63) is 59.7 Å². The van der Waals surface area contributed by atoms with Crippen LogP contribution in [-0.2, 0) is 6.42 Å². The van der Waals surface area contributed by atoms with Gasteiger partial charge in [-0.15, -0.1) is 0 Å². The van der Waals surface area contributed by atoms with Gasteiger partial charge in [-0.25, -0.2) is 0 Å². The average Bonchev–Trinajstić information content (AvgIpc) is 2.37. The van der Waals surface area contributed by atoms with Crippen LogP contribution in [0.1, 0.15) is 19.4 Å². The molecule has 2 rings (SSSR count). The SMILES string of the molecule is CC(C)=CC(Cc1ccc2ccccc2c1)NN. The van der Waals surface area contributed by atoms with E-state index in [-0.39, 0.29) is 6.04 Å². The van der Waals surface area contributed by atoms with E-state index < -0.39 is 0 Å². The predicted molar refractivity (Wildman–Crippen MR) is 78.2 cm³/mol. The Kier molecular flexibility index (Phi) is 4.13. The second-order valence-electron chi connectivity index (χ2n) is 4.90. The normalized spacial score (nSPS) is 12.4. The molecule has 3 N–H and O–H groups in total. The lowest BCUT2D eigenvalue weighted by atomic mass is 10.0. The first kappa shape index (κ1) is 12.8. The Hall–Kier alpha value is -1.64. The summed E-state index contributed by atoms with van der Waals surface area (Å²) in [6.07, 6.45) is 3.07. The van der Waals surface area contributed by atoms with E-state index in [0.29, 0.717) is 0 Å². The van der Waals surface area contributed by atoms with Gasteiger partial charge in [0.15, 0.2) is 0 Å². The molecular formula is C16H20N2. The van der Waals surface area contributed by atoms with Gasteiger partial charge in [0.2, 0.25) is 0 Å². The molecule has 0 spiro atoms. The van der Waals surface area contributed by atoms with Crippen LogP contribution >= 0.6 is 0 Å². The van der Waals surface area contributed by atoms with Crippen LogP contribution < -0.4 is 11.3 Å². The van der Waals surface area contributed by atoms with Gasteiger partial charge in [-0.05, 0) is 36.6 Å². The number of nitrogens with one attached hydrogen (secondary N) is 1. The first-order valence-corrected chi connectivity index (χ1v) is 6.28. The van der Waals surface area contributed by atoms with Gasteiger partial charge in [-0.1, -0.05) is 54.1 Å². The lowest BCUT2D eigenvalue weighted by Gasteiger charge is -2.13. The molecule has 2 aromatic carbocycles. The molecule has 0 aliphatic carbocycles. The van der Waals surface area contributed by atoms with Crippen molar-refractivity contribution < 1.29 is 0 Å². The van der Waals surface area contributed by atoms with Crippen LogP contribution in [0, 0.1) is 0 Å². The Labute approximate surface area is 108 Å². The molecule has 0 bridgehead atoms. The van der Waals surface area contributed by atoms with Gasteiger partial charge in [-0.2, -0.15) is 0 Å². The molecule has 0 saturated heterocycles. The Morgan fingerprint density at radius 3 is 2.56 bits per heavy atom. The molecule has 2 nitrogen and oxygen atoms in total. The summed E-state index contributed by atoms with van der Waals surface area (Å²) in [6, 6.07) is 15.2. The fourth-order valence-corrected chi connectivity index (χ4v) is 2.19. The summed E-state index contributed by atoms with van der Waals surface area (Å²) in [5.74, 6) is 5.59. The smallest absolute Gasteiger partial charge is 0.0433 e. The maximum atomic E-state index is 5.59. The Bertz CT molecular complexity index is 554. The van der Waals surface area contributed by atoms with E-state index in [1.54, 1.807) is 0 Å². The maximum absolute atomic E-state index is 5.59. The molecule has 94 valence electrons. The fraction of sp³-hybridized carbons (Fsp3) is 0.250. The zero-order valence-corrected chi connectivity index (χ0v) is 11.0. The van der Waals surface area contributed by atoms with Gasteiger partial charge in [0.1, 0.15) is 0 Å². The molecule has 0 saturated carbocycles. The Morgan fingerprint density at radius 1 is 1.17 bits per heavy atom. The van der Waals surface area contributed by atoms with E-state index in [1.165, 1.54) is 21.9 Å². The Balaban J connectivity index is 2.23. The van der Waals surface area contributed by atoms with Crippen molar-refractivity contribution in [1.29, 1.82) is 0 Å². The number of hydrogen-bond acceptors (Lipinski definition) is 2. The molecule has 18 heavy (non-hydrogen) atoms. The van der Waals surface area contributed by atoms with E-state index in [2.05, 4.69) is 67.8 Å². The first-order valence-electron chi connectivity index (χ1n) is 6.28. The topological polar surface area (TPSA) is 38.0 Å². The summed E-state index contributed by atoms with van der Waals surface area (Å²) in [6.45, 7) is 4.18. The van der Waals surface area contributed by atoms with Crippen LogP contribution in [0.15, 0.2) is 54.1 Å². The molecule has 0 aliphatic heterocycles. The summed E-state index contributed by atoms with van der Waals surface area (Å²) in [5.41, 5.74) is 5.43. The number of allylic oxidation sites excluding steroid dienone is 1. The minimum Gasteiger partial charge on any atom is -0.271 e. The van der Waals surface area contributed by atoms with E-state index in [0.717, 1.165) is 6.42 Å². The van der Waals surface area contributed by atoms with Crippen molar-refractivity contribution in [2.24, 2.45) is 5.84 Å². The molecule has 1 unspecified atom stereocenters. The standard InChI is InChI=1S/C16H20N2/c1-12(2)9-16(18-17)11-13-7-8-14-5-3-4-6-15(14)10-13/h3-10,16,18H,11,17H2,1-2H3. The average molecular weight is 240 g/mol. The highest BCUT2D eigenvalue weighted by molar-refractivity contribution is 5.83. The van der Waals surface area contributed by atoms with Gasteiger partial charge in [0.05, 0.1) is 0 Å². The number of rotatable bonds is 4. The fourth-order valence-electron chi connectivity index (χ4n) is 2.19. The highest BCUT2D eigenvalue weighted by Crippen LogP contribution is 2.17. The van der Waals surface area contributed by atoms with Gasteiger partial charge < -0.3 is 0 Å². The number of hydrazine groups is 1. The number of nitrogens with two attached hydrogens (primary N) is 1. The van der Waals surface area contributed by atoms with Gasteiger partial charge >= 0.3 is 0 Å². The van der Waals surface area contributed by atoms with Crippen molar-refractivity contribution in [3.63, 3.8) is 0 Å². The van der Waals surface area contributed by atoms with Crippen LogP contribution in [0.4, 0.5) is 0 Å². The highest BCUT2D eigenvalue weighted by atomic mass is 15.2. The van der Waals surface area contributed by atoms with Gasteiger partial charge in [0.25, 0.3) is 0 Å². The van der Waals surface area contributed by atoms with Crippen LogP contribution in [0.3, 0.4) is 0 Å². The third-order valence-electron chi connectivity index (χ3n) is 3.02. The van der Waals surface area contributed by atoms with E-state index in [1.807, 2.05) is 0 Å². The molecule has 0 heterocycles. The minimum absolute atomic E-state index is 0.191. The number of fused-ring (bicyclic) bond motifs is 1. The van der Waals surface area contributed by atoms with E-state index in [9.17, 15) is 0 Å². The van der Waals surface area contributed by atoms with Crippen molar-refractivity contribution in [2.75, 3.05) is 0 Å². The maximum Gasteiger partial charge on any atom is 0.0433 e. The van der Waals surface area contributed by atoms with Crippen molar-refractivity contribution in [3.8, 4) is 0 Å². The molecular weight excluding hydrogens is 220 g/mol. The summed E-state index contributed by atoms with van der Waals surface area (Å²) in [5, 5.41) is 2.56. The molecule has 0 fully saturated rings. The number of benzene rings is 2. The van der Waals surface area contributed by atoms with Crippen molar-refractivity contribution in [2.45, 2.75) is 26.3 Å². The van der Waals surface area contributed by atoms with Crippen LogP contribution in [0.25, 0.3) is 10.8 Å². The lowest BCUT2D eigenvalue weighted by molar-refractivity contribution is 0.614. The first-order chi connectivity index (χ1) is 8.69. The van der Waals surface area contributed by atoms with Crippen molar-refractivity contribution >= 4 is 10.8 Å². The van der Waals surface area contributed by atoms with E-state index in [4.69, 9.17) is 5.84 Å². The Morgan fingerprint density at radius 2 is 1.89 bits per heavy atom. The number of hydrogen-bond donors (Lipinski definition) is 2. The molecule has 0 aromatic heterocycles. The molecule has 0 aliphatic rings. The summed E-state index contributed by atoms with van der Waals surface area (Å²) in [4.78, 5) is 0. The molecule has 2 aromatic rings. The summed E-state index contributed by atoms with van der Waals surface area (Å²) < 4.78 is 0. The van der Waals surface area contributed by atoms with Crippen LogP contribution in [0.5, 0.6) is 0 Å². The second-order valence-corrected chi connectivity index (χ2v) is 4.90. The zero-order chi connectivity index (χ0) is 13.0. The third-order valence-corrected chi connectivity index (χ3v) is 3.02. The molecule has 0 radical (unpaired) electrons. The minimum atomic E-state index is 0.191. The zero-order valence-electron chi connectivity index (χ0n) is 11.0. The highest BCUT2D eigenvalue weighted by Gasteiger charge is 2.05. The third kappa shape index (κ3) is 3.19. The predicted octanol–water partition coefficient (Wildman–Crippen LogP) is 3.18. The van der Waals surface area contributed by atoms with Crippen molar-refractivity contribution in [1.82, 2.24) is 5.43 Å². The molecule has 1 atom stereocenters. The summed E-state index contributed by atoms with van der Waals surface area (Å²) in [7, 11) is 0. The summed E-state index contributed by atoms with van der Waals surface area (Å²) >= 11 is 0. The largest absolute Gasteiger partial charge is 0.271 e. The lowest BCUT2D eigenvalue weighted by Crippen LogP contribution is -2.35. The second kappa shape index (κ2) is 5.80. The monoisotopic (exact) mass is 240 g/mol. The quantitative estimate of drug-likeness (QED) is 0.489. The van der Waals surface area contributed by atoms with Gasteiger partial charge in [-0.3, -0.25) is 11.3 Å². The molecule has 2 heteroatoms. The van der Waals surface area contributed by atoms with Gasteiger partial charge in [0, 0.05) is 6.04 Å². The molecule has 0 amide bonds. The van der Waals surface area contributed by atoms with E-state index >= 15 is 0 Å². The van der Waals surface area contributed by atoms with Crippen LogP contribution in [0.2, 0.25) is 0 Å². The van der Waals surface area contributed by atoms with Crippen LogP contribution in [-0.4, -0.2) is 6.04 Å².